The van der Waals surface area contributed by atoms with Gasteiger partial charge in [0.2, 0.25) is 0 Å². The second-order valence-corrected chi connectivity index (χ2v) is 13.9. The molecule has 0 atom stereocenters. The second-order valence-electron chi connectivity index (χ2n) is 13.9. The zero-order chi connectivity index (χ0) is 35.0. The first-order chi connectivity index (χ1) is 26.2. The fourth-order valence-electron chi connectivity index (χ4n) is 8.62. The molecule has 0 aliphatic carbocycles. The standard InChI is InChI=1S/C50H33N3/c1-2-51-45-25-21-33(35-23-27-49-41(29-35)39-17-9-11-19-47(39)52(49)37-13-5-3-6-14-37)31-43(45)44-32-34(22-26-46(44)51)36-24-28-50-42(30-36)40-18-10-12-20-48(40)53(50)38-15-7-4-8-16-38/h2-32H,1H2. The Labute approximate surface area is 306 Å². The Morgan fingerprint density at radius 1 is 0.302 bits per heavy atom. The molecule has 0 fully saturated rings. The lowest BCUT2D eigenvalue weighted by Crippen LogP contribution is -1.92. The molecule has 3 nitrogen and oxygen atoms in total. The van der Waals surface area contributed by atoms with Gasteiger partial charge in [-0.25, -0.2) is 0 Å². The molecule has 0 saturated heterocycles. The molecule has 0 radical (unpaired) electrons. The minimum Gasteiger partial charge on any atom is -0.317 e. The Kier molecular flexibility index (Phi) is 6.40. The Bertz CT molecular complexity index is 3010. The number of hydrogen-bond acceptors (Lipinski definition) is 0. The molecule has 0 saturated carbocycles. The van der Waals surface area contributed by atoms with Crippen molar-refractivity contribution in [3.63, 3.8) is 0 Å². The van der Waals surface area contributed by atoms with Gasteiger partial charge in [-0.15, -0.1) is 0 Å². The lowest BCUT2D eigenvalue weighted by atomic mass is 9.98. The first-order valence-electron chi connectivity index (χ1n) is 18.1. The average molecular weight is 676 g/mol. The van der Waals surface area contributed by atoms with E-state index in [9.17, 15) is 0 Å². The maximum atomic E-state index is 4.20. The number of aromatic nitrogens is 3. The van der Waals surface area contributed by atoms with Crippen LogP contribution in [0.15, 0.2) is 189 Å². The van der Waals surface area contributed by atoms with Gasteiger partial charge in [-0.3, -0.25) is 0 Å². The van der Waals surface area contributed by atoms with Crippen LogP contribution in [0.25, 0.3) is 105 Å². The highest BCUT2D eigenvalue weighted by Crippen LogP contribution is 2.40. The molecular weight excluding hydrogens is 643 g/mol. The summed E-state index contributed by atoms with van der Waals surface area (Å²) in [5.74, 6) is 0. The monoisotopic (exact) mass is 675 g/mol. The molecule has 53 heavy (non-hydrogen) atoms. The topological polar surface area (TPSA) is 14.8 Å². The van der Waals surface area contributed by atoms with Crippen LogP contribution in [0.5, 0.6) is 0 Å². The third-order valence-electron chi connectivity index (χ3n) is 11.0. The minimum atomic E-state index is 1.15. The lowest BCUT2D eigenvalue weighted by Gasteiger charge is -2.08. The fraction of sp³-hybridized carbons (Fsp3) is 0. The van der Waals surface area contributed by atoms with E-state index >= 15 is 0 Å². The van der Waals surface area contributed by atoms with E-state index in [1.807, 2.05) is 6.20 Å². The van der Waals surface area contributed by atoms with Crippen molar-refractivity contribution in [1.29, 1.82) is 0 Å². The summed E-state index contributed by atoms with van der Waals surface area (Å²) < 4.78 is 6.95. The normalized spacial score (nSPS) is 11.8. The predicted molar refractivity (Wildman–Crippen MR) is 225 cm³/mol. The Morgan fingerprint density at radius 2 is 0.623 bits per heavy atom. The molecule has 0 amide bonds. The summed E-state index contributed by atoms with van der Waals surface area (Å²) in [7, 11) is 0. The van der Waals surface area contributed by atoms with Gasteiger partial charge in [0.25, 0.3) is 0 Å². The van der Waals surface area contributed by atoms with Crippen molar-refractivity contribution < 1.29 is 0 Å². The van der Waals surface area contributed by atoms with E-state index in [-0.39, 0.29) is 0 Å². The number of benzene rings is 8. The van der Waals surface area contributed by atoms with Crippen LogP contribution in [0.1, 0.15) is 0 Å². The molecule has 0 spiro atoms. The van der Waals surface area contributed by atoms with Crippen molar-refractivity contribution in [3.8, 4) is 33.6 Å². The largest absolute Gasteiger partial charge is 0.317 e. The maximum Gasteiger partial charge on any atom is 0.0541 e. The predicted octanol–water partition coefficient (Wildman–Crippen LogP) is 13.4. The van der Waals surface area contributed by atoms with Crippen molar-refractivity contribution in [2.75, 3.05) is 0 Å². The van der Waals surface area contributed by atoms with Crippen molar-refractivity contribution in [3.05, 3.63) is 189 Å². The van der Waals surface area contributed by atoms with Crippen molar-refractivity contribution in [2.24, 2.45) is 0 Å². The highest BCUT2D eigenvalue weighted by atomic mass is 15.0. The summed E-state index contributed by atoms with van der Waals surface area (Å²) in [6.45, 7) is 4.20. The van der Waals surface area contributed by atoms with Gasteiger partial charge in [0.15, 0.2) is 0 Å². The van der Waals surface area contributed by atoms with Crippen LogP contribution in [0.3, 0.4) is 0 Å². The number of hydrogen-bond donors (Lipinski definition) is 0. The highest BCUT2D eigenvalue weighted by molar-refractivity contribution is 6.14. The maximum absolute atomic E-state index is 4.20. The van der Waals surface area contributed by atoms with Gasteiger partial charge in [0, 0.05) is 49.9 Å². The summed E-state index contributed by atoms with van der Waals surface area (Å²) in [6.07, 6.45) is 1.93. The van der Waals surface area contributed by atoms with Crippen LogP contribution in [0, 0.1) is 0 Å². The number of para-hydroxylation sites is 4. The van der Waals surface area contributed by atoms with Gasteiger partial charge >= 0.3 is 0 Å². The number of fused-ring (bicyclic) bond motifs is 9. The molecule has 3 aromatic heterocycles. The fourth-order valence-corrected chi connectivity index (χ4v) is 8.62. The summed E-state index contributed by atoms with van der Waals surface area (Å²) in [4.78, 5) is 0. The molecule has 0 aliphatic rings. The summed E-state index contributed by atoms with van der Waals surface area (Å²) in [5.41, 5.74) is 14.3. The first-order valence-corrected chi connectivity index (χ1v) is 18.1. The van der Waals surface area contributed by atoms with Crippen molar-refractivity contribution >= 4 is 71.6 Å². The molecule has 0 bridgehead atoms. The zero-order valence-corrected chi connectivity index (χ0v) is 28.9. The van der Waals surface area contributed by atoms with E-state index in [1.54, 1.807) is 0 Å². The quantitative estimate of drug-likeness (QED) is 0.172. The third kappa shape index (κ3) is 4.41. The Balaban J connectivity index is 1.07. The SMILES string of the molecule is C=Cn1c2ccc(-c3ccc4c(c3)c3ccccc3n4-c3ccccc3)cc2c2cc(-c3ccc4c(c3)c3ccccc3n4-c3ccccc3)ccc21. The number of rotatable bonds is 5. The Hall–Kier alpha value is -7.10. The van der Waals surface area contributed by atoms with Gasteiger partial charge in [-0.1, -0.05) is 104 Å². The van der Waals surface area contributed by atoms with Crippen LogP contribution in [0.4, 0.5) is 0 Å². The molecular formula is C50H33N3. The van der Waals surface area contributed by atoms with Gasteiger partial charge in [0.05, 0.1) is 33.1 Å². The first kappa shape index (κ1) is 29.6. The molecule has 8 aromatic carbocycles. The van der Waals surface area contributed by atoms with Crippen LogP contribution in [0.2, 0.25) is 0 Å². The van der Waals surface area contributed by atoms with Gasteiger partial charge < -0.3 is 13.7 Å². The van der Waals surface area contributed by atoms with E-state index in [2.05, 4.69) is 202 Å². The molecule has 11 aromatic rings. The highest BCUT2D eigenvalue weighted by Gasteiger charge is 2.17. The van der Waals surface area contributed by atoms with Crippen LogP contribution in [-0.2, 0) is 0 Å². The summed E-state index contributed by atoms with van der Waals surface area (Å²) >= 11 is 0. The molecule has 11 rings (SSSR count). The smallest absolute Gasteiger partial charge is 0.0541 e. The van der Waals surface area contributed by atoms with Crippen molar-refractivity contribution in [2.45, 2.75) is 0 Å². The van der Waals surface area contributed by atoms with Crippen LogP contribution in [-0.4, -0.2) is 13.7 Å². The lowest BCUT2D eigenvalue weighted by molar-refractivity contribution is 1.18. The molecule has 0 unspecified atom stereocenters. The van der Waals surface area contributed by atoms with Gasteiger partial charge in [0.1, 0.15) is 0 Å². The van der Waals surface area contributed by atoms with E-state index in [4.69, 9.17) is 0 Å². The number of nitrogens with zero attached hydrogens (tertiary/aromatic N) is 3. The summed E-state index contributed by atoms with van der Waals surface area (Å²) in [6, 6.07) is 66.2. The van der Waals surface area contributed by atoms with E-state index in [0.29, 0.717) is 0 Å². The van der Waals surface area contributed by atoms with Crippen molar-refractivity contribution in [1.82, 2.24) is 13.7 Å². The van der Waals surface area contributed by atoms with E-state index in [1.165, 1.54) is 88.0 Å². The second kappa shape index (κ2) is 11.5. The van der Waals surface area contributed by atoms with E-state index < -0.39 is 0 Å². The molecule has 3 heteroatoms. The molecule has 248 valence electrons. The minimum absolute atomic E-state index is 1.15. The van der Waals surface area contributed by atoms with Crippen LogP contribution >= 0.6 is 0 Å². The van der Waals surface area contributed by atoms with Crippen LogP contribution < -0.4 is 0 Å². The molecule has 3 heterocycles. The average Bonchev–Trinajstić information content (AvgIpc) is 3.85. The summed E-state index contributed by atoms with van der Waals surface area (Å²) in [5, 5.41) is 7.45. The van der Waals surface area contributed by atoms with Gasteiger partial charge in [-0.2, -0.15) is 0 Å². The Morgan fingerprint density at radius 3 is 1.02 bits per heavy atom. The molecule has 0 N–H and O–H groups in total. The third-order valence-corrected chi connectivity index (χ3v) is 11.0. The van der Waals surface area contributed by atoms with Gasteiger partial charge in [-0.05, 0) is 107 Å². The van der Waals surface area contributed by atoms with E-state index in [0.717, 1.165) is 11.0 Å². The molecule has 0 aliphatic heterocycles. The zero-order valence-electron chi connectivity index (χ0n) is 28.9.